The summed E-state index contributed by atoms with van der Waals surface area (Å²) in [6.07, 6.45) is -2.97. The molecule has 0 saturated carbocycles. The molecule has 5 heterocycles. The van der Waals surface area contributed by atoms with Gasteiger partial charge in [0.15, 0.2) is 5.65 Å². The molecule has 0 amide bonds. The van der Waals surface area contributed by atoms with E-state index < -0.39 is 11.7 Å². The van der Waals surface area contributed by atoms with E-state index in [1.165, 1.54) is 12.3 Å². The van der Waals surface area contributed by atoms with E-state index in [0.717, 1.165) is 42.0 Å². The molecule has 5 rings (SSSR count). The average Bonchev–Trinajstić information content (AvgIpc) is 3.32. The lowest BCUT2D eigenvalue weighted by Gasteiger charge is -2.25. The standard InChI is InChI=1S/C20H21F3N6/c1-12-7-18(29-17(25-12)6-13(2)26-29)27-8-14-10-28(11-15(14)9-27)19-16(20(21,22)23)4-3-5-24-19/h3-7,14-15H,8-11H2,1-2H3. The van der Waals surface area contributed by atoms with E-state index in [0.29, 0.717) is 24.9 Å². The molecule has 0 aromatic carbocycles. The van der Waals surface area contributed by atoms with Crippen LogP contribution in [-0.4, -0.2) is 45.8 Å². The van der Waals surface area contributed by atoms with E-state index in [9.17, 15) is 13.2 Å². The number of hydrogen-bond acceptors (Lipinski definition) is 5. The Balaban J connectivity index is 1.39. The van der Waals surface area contributed by atoms with Crippen molar-refractivity contribution in [1.29, 1.82) is 0 Å². The molecule has 152 valence electrons. The molecule has 2 fully saturated rings. The molecular weight excluding hydrogens is 381 g/mol. The molecule has 2 unspecified atom stereocenters. The largest absolute Gasteiger partial charge is 0.419 e. The van der Waals surface area contributed by atoms with Gasteiger partial charge in [0.2, 0.25) is 0 Å². The summed E-state index contributed by atoms with van der Waals surface area (Å²) in [5.41, 5.74) is 1.99. The SMILES string of the molecule is Cc1cc(N2CC3CN(c4ncccc4C(F)(F)F)CC3C2)n2nc(C)cc2n1. The summed E-state index contributed by atoms with van der Waals surface area (Å²) in [6.45, 7) is 6.62. The molecule has 0 aliphatic carbocycles. The minimum absolute atomic E-state index is 0.0470. The zero-order valence-electron chi connectivity index (χ0n) is 16.2. The third-order valence-corrected chi connectivity index (χ3v) is 5.86. The van der Waals surface area contributed by atoms with Gasteiger partial charge >= 0.3 is 6.18 Å². The Bertz CT molecular complexity index is 1060. The Labute approximate surface area is 166 Å². The van der Waals surface area contributed by atoms with Crippen LogP contribution in [0.1, 0.15) is 17.0 Å². The number of nitrogens with zero attached hydrogens (tertiary/aromatic N) is 6. The molecule has 3 aromatic rings. The quantitative estimate of drug-likeness (QED) is 0.658. The van der Waals surface area contributed by atoms with Crippen molar-refractivity contribution in [1.82, 2.24) is 19.6 Å². The van der Waals surface area contributed by atoms with Crippen LogP contribution in [0.5, 0.6) is 0 Å². The second-order valence-corrected chi connectivity index (χ2v) is 8.01. The van der Waals surface area contributed by atoms with Gasteiger partial charge in [-0.15, -0.1) is 0 Å². The van der Waals surface area contributed by atoms with Crippen LogP contribution in [0, 0.1) is 25.7 Å². The van der Waals surface area contributed by atoms with Crippen molar-refractivity contribution in [3.63, 3.8) is 0 Å². The van der Waals surface area contributed by atoms with Gasteiger partial charge < -0.3 is 9.80 Å². The topological polar surface area (TPSA) is 49.6 Å². The molecule has 2 aliphatic heterocycles. The van der Waals surface area contributed by atoms with Crippen LogP contribution < -0.4 is 9.80 Å². The number of fused-ring (bicyclic) bond motifs is 2. The highest BCUT2D eigenvalue weighted by molar-refractivity contribution is 5.54. The minimum atomic E-state index is -4.40. The third kappa shape index (κ3) is 3.08. The summed E-state index contributed by atoms with van der Waals surface area (Å²) < 4.78 is 42.0. The van der Waals surface area contributed by atoms with E-state index in [4.69, 9.17) is 0 Å². The number of rotatable bonds is 2. The fourth-order valence-corrected chi connectivity index (χ4v) is 4.64. The summed E-state index contributed by atoms with van der Waals surface area (Å²) in [7, 11) is 0. The Morgan fingerprint density at radius 1 is 0.966 bits per heavy atom. The van der Waals surface area contributed by atoms with Crippen molar-refractivity contribution in [2.45, 2.75) is 20.0 Å². The molecule has 0 N–H and O–H groups in total. The maximum atomic E-state index is 13.4. The first-order chi connectivity index (χ1) is 13.8. The number of aryl methyl sites for hydroxylation is 2. The lowest BCUT2D eigenvalue weighted by Crippen LogP contribution is -2.31. The zero-order valence-corrected chi connectivity index (χ0v) is 16.2. The first-order valence-electron chi connectivity index (χ1n) is 9.66. The molecule has 29 heavy (non-hydrogen) atoms. The Morgan fingerprint density at radius 2 is 1.66 bits per heavy atom. The lowest BCUT2D eigenvalue weighted by molar-refractivity contribution is -0.137. The Morgan fingerprint density at radius 3 is 2.34 bits per heavy atom. The highest BCUT2D eigenvalue weighted by atomic mass is 19.4. The van der Waals surface area contributed by atoms with Crippen LogP contribution in [0.15, 0.2) is 30.5 Å². The van der Waals surface area contributed by atoms with Crippen LogP contribution in [0.2, 0.25) is 0 Å². The minimum Gasteiger partial charge on any atom is -0.356 e. The predicted molar refractivity (Wildman–Crippen MR) is 103 cm³/mol. The fraction of sp³-hybridized carbons (Fsp3) is 0.450. The highest BCUT2D eigenvalue weighted by Gasteiger charge is 2.44. The number of alkyl halides is 3. The van der Waals surface area contributed by atoms with Crippen molar-refractivity contribution in [2.75, 3.05) is 36.0 Å². The van der Waals surface area contributed by atoms with Crippen molar-refractivity contribution in [3.8, 4) is 0 Å². The number of pyridine rings is 1. The number of hydrogen-bond donors (Lipinski definition) is 0. The van der Waals surface area contributed by atoms with Gasteiger partial charge in [0.05, 0.1) is 11.3 Å². The third-order valence-electron chi connectivity index (χ3n) is 5.86. The summed E-state index contributed by atoms with van der Waals surface area (Å²) in [5.74, 6) is 1.62. The first kappa shape index (κ1) is 18.2. The van der Waals surface area contributed by atoms with Gasteiger partial charge in [-0.25, -0.2) is 9.97 Å². The van der Waals surface area contributed by atoms with Crippen LogP contribution in [0.25, 0.3) is 5.65 Å². The highest BCUT2D eigenvalue weighted by Crippen LogP contribution is 2.40. The van der Waals surface area contributed by atoms with Crippen LogP contribution in [0.3, 0.4) is 0 Å². The van der Waals surface area contributed by atoms with E-state index in [1.807, 2.05) is 30.5 Å². The van der Waals surface area contributed by atoms with Crippen molar-refractivity contribution in [3.05, 3.63) is 47.4 Å². The molecule has 0 bridgehead atoms. The summed E-state index contributed by atoms with van der Waals surface area (Å²) in [5, 5.41) is 4.56. The second kappa shape index (κ2) is 6.33. The van der Waals surface area contributed by atoms with Crippen molar-refractivity contribution in [2.24, 2.45) is 11.8 Å². The average molecular weight is 402 g/mol. The van der Waals surface area contributed by atoms with Gasteiger partial charge in [-0.3, -0.25) is 0 Å². The molecule has 0 spiro atoms. The van der Waals surface area contributed by atoms with Crippen LogP contribution in [0.4, 0.5) is 24.8 Å². The number of halogens is 3. The summed E-state index contributed by atoms with van der Waals surface area (Å²) in [4.78, 5) is 12.7. The molecule has 3 aromatic heterocycles. The van der Waals surface area contributed by atoms with E-state index >= 15 is 0 Å². The molecule has 0 radical (unpaired) electrons. The molecular formula is C20H21F3N6. The summed E-state index contributed by atoms with van der Waals surface area (Å²) >= 11 is 0. The molecule has 2 saturated heterocycles. The first-order valence-corrected chi connectivity index (χ1v) is 9.66. The lowest BCUT2D eigenvalue weighted by atomic mass is 10.0. The van der Waals surface area contributed by atoms with E-state index in [1.54, 1.807) is 4.90 Å². The van der Waals surface area contributed by atoms with Gasteiger partial charge in [-0.05, 0) is 26.0 Å². The summed E-state index contributed by atoms with van der Waals surface area (Å²) in [6, 6.07) is 6.43. The monoisotopic (exact) mass is 402 g/mol. The second-order valence-electron chi connectivity index (χ2n) is 8.01. The van der Waals surface area contributed by atoms with Gasteiger partial charge in [0.1, 0.15) is 11.6 Å². The normalized spacial score (nSPS) is 22.0. The van der Waals surface area contributed by atoms with E-state index in [-0.39, 0.29) is 5.82 Å². The maximum Gasteiger partial charge on any atom is 0.419 e. The molecule has 2 atom stereocenters. The zero-order chi connectivity index (χ0) is 20.3. The van der Waals surface area contributed by atoms with Gasteiger partial charge in [-0.2, -0.15) is 22.8 Å². The maximum absolute atomic E-state index is 13.4. The molecule has 9 heteroatoms. The number of aromatic nitrogens is 4. The fourth-order valence-electron chi connectivity index (χ4n) is 4.64. The van der Waals surface area contributed by atoms with Gasteiger partial charge in [0.25, 0.3) is 0 Å². The smallest absolute Gasteiger partial charge is 0.356 e. The van der Waals surface area contributed by atoms with Crippen molar-refractivity contribution < 1.29 is 13.2 Å². The Kier molecular flexibility index (Phi) is 3.97. The van der Waals surface area contributed by atoms with Gasteiger partial charge in [0, 0.05) is 62.0 Å². The van der Waals surface area contributed by atoms with Crippen LogP contribution >= 0.6 is 0 Å². The molecule has 6 nitrogen and oxygen atoms in total. The number of anilines is 2. The van der Waals surface area contributed by atoms with Crippen molar-refractivity contribution >= 4 is 17.3 Å². The Hall–Kier alpha value is -2.84. The van der Waals surface area contributed by atoms with E-state index in [2.05, 4.69) is 20.0 Å². The van der Waals surface area contributed by atoms with Crippen LogP contribution in [-0.2, 0) is 6.18 Å². The van der Waals surface area contributed by atoms with Gasteiger partial charge in [-0.1, -0.05) is 0 Å². The molecule has 2 aliphatic rings. The predicted octanol–water partition coefficient (Wildman–Crippen LogP) is 3.33.